The molecule has 1 atom stereocenters. The van der Waals surface area contributed by atoms with Gasteiger partial charge in [0.25, 0.3) is 0 Å². The van der Waals surface area contributed by atoms with Crippen molar-refractivity contribution in [2.24, 2.45) is 0 Å². The number of anilines is 1. The van der Waals surface area contributed by atoms with Crippen molar-refractivity contribution in [2.75, 3.05) is 5.32 Å². The van der Waals surface area contributed by atoms with Gasteiger partial charge in [-0.05, 0) is 35.9 Å². The zero-order valence-corrected chi connectivity index (χ0v) is 15.2. The van der Waals surface area contributed by atoms with Gasteiger partial charge in [0.2, 0.25) is 0 Å². The Bertz CT molecular complexity index is 1090. The van der Waals surface area contributed by atoms with Gasteiger partial charge >= 0.3 is 0 Å². The van der Waals surface area contributed by atoms with Crippen LogP contribution in [0.25, 0.3) is 16.9 Å². The number of imidazole rings is 1. The maximum Gasteiger partial charge on any atom is 0.124 e. The van der Waals surface area contributed by atoms with Crippen LogP contribution in [0.3, 0.4) is 0 Å². The number of halogens is 1. The van der Waals surface area contributed by atoms with Gasteiger partial charge in [-0.1, -0.05) is 54.2 Å². The summed E-state index contributed by atoms with van der Waals surface area (Å²) >= 11 is 1.64. The second-order valence-electron chi connectivity index (χ2n) is 6.39. The van der Waals surface area contributed by atoms with Crippen molar-refractivity contribution in [2.45, 2.75) is 10.3 Å². The highest BCUT2D eigenvalue weighted by molar-refractivity contribution is 8.00. The summed E-state index contributed by atoms with van der Waals surface area (Å²) in [5, 5.41) is 3.54. The van der Waals surface area contributed by atoms with Crippen LogP contribution >= 0.6 is 11.8 Å². The van der Waals surface area contributed by atoms with Crippen molar-refractivity contribution < 1.29 is 4.39 Å². The molecule has 0 radical (unpaired) electrons. The predicted octanol–water partition coefficient (Wildman–Crippen LogP) is 5.89. The van der Waals surface area contributed by atoms with Gasteiger partial charge in [-0.3, -0.25) is 4.57 Å². The van der Waals surface area contributed by atoms with Crippen LogP contribution in [0.2, 0.25) is 0 Å². The Morgan fingerprint density at radius 2 is 1.78 bits per heavy atom. The topological polar surface area (TPSA) is 29.9 Å². The van der Waals surface area contributed by atoms with Crippen LogP contribution in [0.15, 0.2) is 90.2 Å². The maximum absolute atomic E-state index is 13.4. The Labute approximate surface area is 160 Å². The van der Waals surface area contributed by atoms with Crippen molar-refractivity contribution in [3.63, 3.8) is 0 Å². The molecule has 0 bridgehead atoms. The third-order valence-corrected chi connectivity index (χ3v) is 5.87. The van der Waals surface area contributed by atoms with Gasteiger partial charge in [0.05, 0.1) is 18.2 Å². The van der Waals surface area contributed by atoms with Crippen LogP contribution in [-0.2, 0) is 0 Å². The third-order valence-electron chi connectivity index (χ3n) is 4.66. The average Bonchev–Trinajstić information content (AvgIpc) is 3.35. The van der Waals surface area contributed by atoms with Gasteiger partial charge in [0.15, 0.2) is 0 Å². The lowest BCUT2D eigenvalue weighted by Crippen LogP contribution is -2.02. The Hall–Kier alpha value is -3.05. The molecule has 5 heteroatoms. The molecular formula is C22H16FN3S. The minimum absolute atomic E-state index is 0.0900. The molecule has 27 heavy (non-hydrogen) atoms. The van der Waals surface area contributed by atoms with E-state index in [2.05, 4.69) is 51.3 Å². The van der Waals surface area contributed by atoms with Crippen molar-refractivity contribution in [3.05, 3.63) is 96.7 Å². The lowest BCUT2D eigenvalue weighted by Gasteiger charge is -2.13. The normalized spacial score (nSPS) is 15.4. The van der Waals surface area contributed by atoms with E-state index in [1.807, 2.05) is 30.7 Å². The number of hydrogen-bond donors (Lipinski definition) is 1. The van der Waals surface area contributed by atoms with E-state index in [-0.39, 0.29) is 11.2 Å². The molecule has 0 aliphatic carbocycles. The number of nitrogens with zero attached hydrogens (tertiary/aromatic N) is 2. The maximum atomic E-state index is 13.4. The summed E-state index contributed by atoms with van der Waals surface area (Å²) < 4.78 is 15.5. The molecule has 2 heterocycles. The standard InChI is InChI=1S/C22H16FN3S/c23-17-8-11-19-21(12-17)27-22(25-19)16-6-9-18(10-7-16)26-14-24-13-20(26)15-4-2-1-3-5-15/h1-14,22,25H. The Morgan fingerprint density at radius 1 is 0.963 bits per heavy atom. The monoisotopic (exact) mass is 373 g/mol. The second kappa shape index (κ2) is 6.59. The number of benzene rings is 3. The van der Waals surface area contributed by atoms with Gasteiger partial charge in [-0.25, -0.2) is 9.37 Å². The van der Waals surface area contributed by atoms with Crippen molar-refractivity contribution in [1.29, 1.82) is 0 Å². The molecule has 132 valence electrons. The van der Waals surface area contributed by atoms with Crippen LogP contribution in [-0.4, -0.2) is 9.55 Å². The molecule has 0 saturated carbocycles. The molecule has 1 aliphatic rings. The van der Waals surface area contributed by atoms with Gasteiger partial charge < -0.3 is 5.32 Å². The highest BCUT2D eigenvalue weighted by Crippen LogP contribution is 2.46. The Morgan fingerprint density at radius 3 is 2.59 bits per heavy atom. The molecule has 5 rings (SSSR count). The molecule has 1 aliphatic heterocycles. The zero-order valence-electron chi connectivity index (χ0n) is 14.3. The first kappa shape index (κ1) is 16.1. The third kappa shape index (κ3) is 3.00. The average molecular weight is 373 g/mol. The molecule has 3 nitrogen and oxygen atoms in total. The number of fused-ring (bicyclic) bond motifs is 1. The predicted molar refractivity (Wildman–Crippen MR) is 108 cm³/mol. The highest BCUT2D eigenvalue weighted by Gasteiger charge is 2.23. The summed E-state index contributed by atoms with van der Waals surface area (Å²) in [6.07, 6.45) is 3.71. The summed E-state index contributed by atoms with van der Waals surface area (Å²) in [6, 6.07) is 23.5. The molecule has 0 spiro atoms. The van der Waals surface area contributed by atoms with E-state index < -0.39 is 0 Å². The van der Waals surface area contributed by atoms with E-state index in [9.17, 15) is 4.39 Å². The van der Waals surface area contributed by atoms with E-state index in [1.165, 1.54) is 6.07 Å². The van der Waals surface area contributed by atoms with Crippen LogP contribution in [0.1, 0.15) is 10.9 Å². The van der Waals surface area contributed by atoms with Crippen molar-refractivity contribution >= 4 is 17.4 Å². The van der Waals surface area contributed by atoms with E-state index in [1.54, 1.807) is 23.9 Å². The van der Waals surface area contributed by atoms with Crippen LogP contribution < -0.4 is 5.32 Å². The first-order valence-corrected chi connectivity index (χ1v) is 9.57. The Balaban J connectivity index is 1.42. The molecule has 3 aromatic carbocycles. The minimum Gasteiger partial charge on any atom is -0.368 e. The fraction of sp³-hybridized carbons (Fsp3) is 0.0455. The quantitative estimate of drug-likeness (QED) is 0.485. The number of rotatable bonds is 3. The van der Waals surface area contributed by atoms with E-state index in [0.29, 0.717) is 0 Å². The van der Waals surface area contributed by atoms with Crippen molar-refractivity contribution in [3.8, 4) is 16.9 Å². The smallest absolute Gasteiger partial charge is 0.124 e. The second-order valence-corrected chi connectivity index (χ2v) is 7.54. The summed E-state index contributed by atoms with van der Waals surface area (Å²) in [5.41, 5.74) is 5.38. The van der Waals surface area contributed by atoms with Gasteiger partial charge in [0.1, 0.15) is 11.2 Å². The molecular weight excluding hydrogens is 357 g/mol. The van der Waals surface area contributed by atoms with E-state index >= 15 is 0 Å². The molecule has 1 aromatic heterocycles. The molecule has 1 N–H and O–H groups in total. The summed E-state index contributed by atoms with van der Waals surface area (Å²) in [4.78, 5) is 5.27. The number of aromatic nitrogens is 2. The van der Waals surface area contributed by atoms with Crippen LogP contribution in [0, 0.1) is 5.82 Å². The van der Waals surface area contributed by atoms with Crippen LogP contribution in [0.5, 0.6) is 0 Å². The minimum atomic E-state index is -0.201. The summed E-state index contributed by atoms with van der Waals surface area (Å²) in [7, 11) is 0. The van der Waals surface area contributed by atoms with Gasteiger partial charge in [-0.15, -0.1) is 0 Å². The summed E-state index contributed by atoms with van der Waals surface area (Å²) in [6.45, 7) is 0. The fourth-order valence-electron chi connectivity index (χ4n) is 3.29. The largest absolute Gasteiger partial charge is 0.368 e. The molecule has 0 saturated heterocycles. The lowest BCUT2D eigenvalue weighted by atomic mass is 10.1. The van der Waals surface area contributed by atoms with Gasteiger partial charge in [-0.2, -0.15) is 0 Å². The molecule has 1 unspecified atom stereocenters. The van der Waals surface area contributed by atoms with Gasteiger partial charge in [0, 0.05) is 21.8 Å². The SMILES string of the molecule is Fc1ccc2c(c1)SC(c1ccc(-n3cncc3-c3ccccc3)cc1)N2. The first-order chi connectivity index (χ1) is 13.3. The van der Waals surface area contributed by atoms with E-state index in [4.69, 9.17) is 0 Å². The van der Waals surface area contributed by atoms with Crippen LogP contribution in [0.4, 0.5) is 10.1 Å². The number of nitrogens with one attached hydrogen (secondary N) is 1. The first-order valence-electron chi connectivity index (χ1n) is 8.69. The molecule has 4 aromatic rings. The number of hydrogen-bond acceptors (Lipinski definition) is 3. The lowest BCUT2D eigenvalue weighted by molar-refractivity contribution is 0.625. The number of thioether (sulfide) groups is 1. The van der Waals surface area contributed by atoms with E-state index in [0.717, 1.165) is 33.1 Å². The fourth-order valence-corrected chi connectivity index (χ4v) is 4.46. The highest BCUT2D eigenvalue weighted by atomic mass is 32.2. The molecule has 0 fully saturated rings. The zero-order chi connectivity index (χ0) is 18.2. The van der Waals surface area contributed by atoms with Crippen molar-refractivity contribution in [1.82, 2.24) is 9.55 Å². The molecule has 0 amide bonds. The Kier molecular flexibility index (Phi) is 3.94. The summed E-state index contributed by atoms with van der Waals surface area (Å²) in [5.74, 6) is -0.201.